The molecule has 0 N–H and O–H groups in total. The summed E-state index contributed by atoms with van der Waals surface area (Å²) in [6, 6.07) is 7.49. The van der Waals surface area contributed by atoms with Gasteiger partial charge in [-0.1, -0.05) is 23.7 Å². The minimum absolute atomic E-state index is 0.534. The van der Waals surface area contributed by atoms with Gasteiger partial charge < -0.3 is 14.4 Å². The Morgan fingerprint density at radius 1 is 1.05 bits per heavy atom. The highest BCUT2D eigenvalue weighted by molar-refractivity contribution is 6.32. The number of halogens is 1. The van der Waals surface area contributed by atoms with E-state index in [1.165, 1.54) is 0 Å². The van der Waals surface area contributed by atoms with E-state index in [4.69, 9.17) is 21.1 Å². The molecule has 0 unspecified atom stereocenters. The van der Waals surface area contributed by atoms with E-state index in [-0.39, 0.29) is 0 Å². The number of likely N-dealkylation sites (N-methyl/N-ethyl adjacent to an activating group) is 1. The Morgan fingerprint density at radius 2 is 1.80 bits per heavy atom. The zero-order chi connectivity index (χ0) is 14.2. The molecule has 0 aromatic heterocycles. The van der Waals surface area contributed by atoms with Gasteiger partial charge in [-0.15, -0.1) is 0 Å². The number of rotatable bonds is 7. The van der Waals surface area contributed by atoms with E-state index in [0.29, 0.717) is 18.2 Å². The van der Waals surface area contributed by atoms with Crippen molar-refractivity contribution in [2.75, 3.05) is 59.6 Å². The van der Waals surface area contributed by atoms with Gasteiger partial charge >= 0.3 is 0 Å². The van der Waals surface area contributed by atoms with E-state index in [2.05, 4.69) is 16.8 Å². The number of hydrogen-bond donors (Lipinski definition) is 0. The van der Waals surface area contributed by atoms with Crippen molar-refractivity contribution in [3.8, 4) is 5.75 Å². The number of benzene rings is 1. The third-order valence-corrected chi connectivity index (χ3v) is 3.78. The largest absolute Gasteiger partial charge is 0.490 e. The molecule has 1 fully saturated rings. The van der Waals surface area contributed by atoms with Crippen molar-refractivity contribution in [2.45, 2.75) is 0 Å². The van der Waals surface area contributed by atoms with E-state index in [1.54, 1.807) is 0 Å². The van der Waals surface area contributed by atoms with E-state index in [9.17, 15) is 0 Å². The number of para-hydroxylation sites is 1. The molecule has 0 bridgehead atoms. The average molecular weight is 299 g/mol. The molecule has 112 valence electrons. The van der Waals surface area contributed by atoms with Gasteiger partial charge in [0.2, 0.25) is 0 Å². The quantitative estimate of drug-likeness (QED) is 0.719. The lowest BCUT2D eigenvalue weighted by Crippen LogP contribution is -2.45. The predicted octanol–water partition coefficient (Wildman–Crippen LogP) is 1.98. The van der Waals surface area contributed by atoms with Crippen molar-refractivity contribution in [1.82, 2.24) is 9.80 Å². The summed E-state index contributed by atoms with van der Waals surface area (Å²) in [7, 11) is 2.17. The first-order valence-electron chi connectivity index (χ1n) is 7.11. The number of nitrogens with zero attached hydrogens (tertiary/aromatic N) is 2. The molecule has 1 heterocycles. The first kappa shape index (κ1) is 15.6. The van der Waals surface area contributed by atoms with Crippen molar-refractivity contribution >= 4 is 11.6 Å². The highest BCUT2D eigenvalue weighted by Gasteiger charge is 2.12. The maximum Gasteiger partial charge on any atom is 0.138 e. The SMILES string of the molecule is CN1CCN(CCOCCOc2ccccc2Cl)CC1. The molecule has 20 heavy (non-hydrogen) atoms. The predicted molar refractivity (Wildman–Crippen MR) is 81.7 cm³/mol. The third-order valence-electron chi connectivity index (χ3n) is 3.47. The summed E-state index contributed by atoms with van der Waals surface area (Å²) in [5, 5.41) is 0.643. The molecule has 1 aliphatic heterocycles. The molecular formula is C15H23ClN2O2. The van der Waals surface area contributed by atoms with Crippen molar-refractivity contribution < 1.29 is 9.47 Å². The summed E-state index contributed by atoms with van der Waals surface area (Å²) >= 11 is 6.00. The Bertz CT molecular complexity index is 395. The molecular weight excluding hydrogens is 276 g/mol. The highest BCUT2D eigenvalue weighted by atomic mass is 35.5. The fraction of sp³-hybridized carbons (Fsp3) is 0.600. The van der Waals surface area contributed by atoms with Gasteiger partial charge in [-0.3, -0.25) is 4.90 Å². The zero-order valence-corrected chi connectivity index (χ0v) is 12.8. The van der Waals surface area contributed by atoms with Gasteiger partial charge in [0.1, 0.15) is 12.4 Å². The van der Waals surface area contributed by atoms with Gasteiger partial charge in [0, 0.05) is 32.7 Å². The van der Waals surface area contributed by atoms with Gasteiger partial charge in [0.25, 0.3) is 0 Å². The van der Waals surface area contributed by atoms with E-state index in [1.807, 2.05) is 24.3 Å². The molecule has 0 atom stereocenters. The Hall–Kier alpha value is -0.810. The second kappa shape index (κ2) is 8.47. The van der Waals surface area contributed by atoms with E-state index < -0.39 is 0 Å². The van der Waals surface area contributed by atoms with Crippen LogP contribution in [0.3, 0.4) is 0 Å². The number of ether oxygens (including phenoxy) is 2. The molecule has 0 amide bonds. The van der Waals surface area contributed by atoms with E-state index in [0.717, 1.165) is 45.1 Å². The first-order chi connectivity index (χ1) is 9.75. The smallest absolute Gasteiger partial charge is 0.138 e. The zero-order valence-electron chi connectivity index (χ0n) is 12.1. The summed E-state index contributed by atoms with van der Waals surface area (Å²) in [6.45, 7) is 7.46. The van der Waals surface area contributed by atoms with Crippen molar-refractivity contribution in [3.63, 3.8) is 0 Å². The second-order valence-corrected chi connectivity index (χ2v) is 5.44. The normalized spacial score (nSPS) is 17.3. The van der Waals surface area contributed by atoms with Crippen LogP contribution in [-0.4, -0.2) is 69.4 Å². The monoisotopic (exact) mass is 298 g/mol. The van der Waals surface area contributed by atoms with Crippen LogP contribution in [0.2, 0.25) is 5.02 Å². The van der Waals surface area contributed by atoms with Crippen LogP contribution in [0.5, 0.6) is 5.75 Å². The van der Waals surface area contributed by atoms with Crippen LogP contribution in [0.15, 0.2) is 24.3 Å². The molecule has 0 radical (unpaired) electrons. The van der Waals surface area contributed by atoms with Crippen LogP contribution in [0.25, 0.3) is 0 Å². The summed E-state index contributed by atoms with van der Waals surface area (Å²) < 4.78 is 11.2. The minimum Gasteiger partial charge on any atom is -0.490 e. The third kappa shape index (κ3) is 5.29. The standard InChI is InChI=1S/C15H23ClN2O2/c1-17-6-8-18(9-7-17)10-11-19-12-13-20-15-5-3-2-4-14(15)16/h2-5H,6-13H2,1H3. The molecule has 0 spiro atoms. The fourth-order valence-corrected chi connectivity index (χ4v) is 2.33. The average Bonchev–Trinajstić information content (AvgIpc) is 2.46. The van der Waals surface area contributed by atoms with Crippen molar-refractivity contribution in [2.24, 2.45) is 0 Å². The molecule has 1 aromatic carbocycles. The first-order valence-corrected chi connectivity index (χ1v) is 7.49. The Kier molecular flexibility index (Phi) is 6.60. The maximum atomic E-state index is 6.00. The molecule has 2 rings (SSSR count). The van der Waals surface area contributed by atoms with Gasteiger partial charge in [-0.2, -0.15) is 0 Å². The Balaban J connectivity index is 1.51. The highest BCUT2D eigenvalue weighted by Crippen LogP contribution is 2.22. The molecule has 0 aliphatic carbocycles. The molecule has 4 nitrogen and oxygen atoms in total. The summed E-state index contributed by atoms with van der Waals surface area (Å²) in [5.41, 5.74) is 0. The summed E-state index contributed by atoms with van der Waals surface area (Å²) in [5.74, 6) is 0.719. The number of piperazine rings is 1. The van der Waals surface area contributed by atoms with Crippen LogP contribution in [0.1, 0.15) is 0 Å². The lowest BCUT2D eigenvalue weighted by atomic mass is 10.3. The van der Waals surface area contributed by atoms with Crippen molar-refractivity contribution in [3.05, 3.63) is 29.3 Å². The fourth-order valence-electron chi connectivity index (χ4n) is 2.14. The van der Waals surface area contributed by atoms with Gasteiger partial charge in [0.05, 0.1) is 18.2 Å². The van der Waals surface area contributed by atoms with Crippen LogP contribution >= 0.6 is 11.6 Å². The van der Waals surface area contributed by atoms with Gasteiger partial charge in [-0.25, -0.2) is 0 Å². The van der Waals surface area contributed by atoms with Gasteiger partial charge in [0.15, 0.2) is 0 Å². The summed E-state index contributed by atoms with van der Waals surface area (Å²) in [6.07, 6.45) is 0. The second-order valence-electron chi connectivity index (χ2n) is 5.04. The molecule has 5 heteroatoms. The van der Waals surface area contributed by atoms with E-state index >= 15 is 0 Å². The molecule has 1 saturated heterocycles. The minimum atomic E-state index is 0.534. The summed E-state index contributed by atoms with van der Waals surface area (Å²) in [4.78, 5) is 4.80. The van der Waals surface area contributed by atoms with Crippen LogP contribution < -0.4 is 4.74 Å². The Labute approximate surface area is 126 Å². The van der Waals surface area contributed by atoms with Gasteiger partial charge in [-0.05, 0) is 19.2 Å². The molecule has 0 saturated carbocycles. The molecule has 1 aromatic rings. The Morgan fingerprint density at radius 3 is 2.55 bits per heavy atom. The van der Waals surface area contributed by atoms with Crippen LogP contribution in [-0.2, 0) is 4.74 Å². The van der Waals surface area contributed by atoms with Crippen molar-refractivity contribution in [1.29, 1.82) is 0 Å². The maximum absolute atomic E-state index is 6.00. The lowest BCUT2D eigenvalue weighted by molar-refractivity contribution is 0.0658. The van der Waals surface area contributed by atoms with Crippen LogP contribution in [0, 0.1) is 0 Å². The molecule has 1 aliphatic rings. The van der Waals surface area contributed by atoms with Crippen LogP contribution in [0.4, 0.5) is 0 Å². The topological polar surface area (TPSA) is 24.9 Å². The lowest BCUT2D eigenvalue weighted by Gasteiger charge is -2.32. The number of hydrogen-bond acceptors (Lipinski definition) is 4.